The predicted molar refractivity (Wildman–Crippen MR) is 68.9 cm³/mol. The normalized spacial score (nSPS) is 14.1. The minimum absolute atomic E-state index is 0.00785. The van der Waals surface area contributed by atoms with Crippen molar-refractivity contribution in [2.75, 3.05) is 13.1 Å². The second-order valence-electron chi connectivity index (χ2n) is 4.34. The molecule has 0 bridgehead atoms. The van der Waals surface area contributed by atoms with E-state index in [1.807, 2.05) is 0 Å². The lowest BCUT2D eigenvalue weighted by Gasteiger charge is -2.20. The van der Waals surface area contributed by atoms with E-state index in [-0.39, 0.29) is 5.91 Å². The molecule has 3 heteroatoms. The number of rotatable bonds is 4. The van der Waals surface area contributed by atoms with Gasteiger partial charge in [-0.15, -0.1) is 6.42 Å². The van der Waals surface area contributed by atoms with Crippen LogP contribution in [-0.2, 0) is 0 Å². The van der Waals surface area contributed by atoms with Gasteiger partial charge in [0.25, 0.3) is 5.91 Å². The lowest BCUT2D eigenvalue weighted by atomic mass is 10.2. The molecule has 0 aliphatic heterocycles. The number of hydrogen-bond donors (Lipinski definition) is 0. The van der Waals surface area contributed by atoms with Crippen LogP contribution in [0.3, 0.4) is 0 Å². The minimum Gasteiger partial charge on any atom is -0.327 e. The zero-order valence-corrected chi connectivity index (χ0v) is 10.3. The van der Waals surface area contributed by atoms with Crippen LogP contribution in [0.25, 0.3) is 0 Å². The molecule has 2 rings (SSSR count). The second-order valence-corrected chi connectivity index (χ2v) is 4.78. The molecule has 2 nitrogen and oxygen atoms in total. The summed E-state index contributed by atoms with van der Waals surface area (Å²) in [7, 11) is 0. The van der Waals surface area contributed by atoms with Crippen LogP contribution < -0.4 is 0 Å². The lowest BCUT2D eigenvalue weighted by Crippen LogP contribution is -2.33. The topological polar surface area (TPSA) is 20.3 Å². The maximum atomic E-state index is 12.2. The summed E-state index contributed by atoms with van der Waals surface area (Å²) >= 11 is 5.79. The fourth-order valence-electron chi connectivity index (χ4n) is 1.72. The number of amides is 1. The Kier molecular flexibility index (Phi) is 3.71. The Balaban J connectivity index is 2.09. The molecule has 1 aliphatic carbocycles. The van der Waals surface area contributed by atoms with E-state index in [0.29, 0.717) is 23.0 Å². The monoisotopic (exact) mass is 247 g/mol. The average molecular weight is 248 g/mol. The Hall–Kier alpha value is -1.46. The second kappa shape index (κ2) is 5.25. The predicted octanol–water partition coefficient (Wildman–Crippen LogP) is 2.83. The van der Waals surface area contributed by atoms with Crippen molar-refractivity contribution in [3.63, 3.8) is 0 Å². The molecule has 1 aromatic carbocycles. The van der Waals surface area contributed by atoms with E-state index < -0.39 is 0 Å². The molecule has 0 saturated heterocycles. The van der Waals surface area contributed by atoms with Gasteiger partial charge < -0.3 is 4.90 Å². The molecule has 88 valence electrons. The van der Waals surface area contributed by atoms with Crippen LogP contribution in [0, 0.1) is 18.3 Å². The highest BCUT2D eigenvalue weighted by atomic mass is 35.5. The van der Waals surface area contributed by atoms with Crippen LogP contribution in [0.1, 0.15) is 23.2 Å². The molecule has 0 heterocycles. The molecule has 1 fully saturated rings. The highest BCUT2D eigenvalue weighted by Crippen LogP contribution is 2.30. The molecular weight excluding hydrogens is 234 g/mol. The number of benzene rings is 1. The number of nitrogens with zero attached hydrogens (tertiary/aromatic N) is 1. The number of halogens is 1. The maximum Gasteiger partial charge on any atom is 0.254 e. The SMILES string of the molecule is C#CCN(CC1CC1)C(=O)c1ccc(Cl)cc1. The quantitative estimate of drug-likeness (QED) is 0.750. The van der Waals surface area contributed by atoms with Crippen molar-refractivity contribution in [1.82, 2.24) is 4.90 Å². The Bertz CT molecular complexity index is 442. The first-order valence-electron chi connectivity index (χ1n) is 5.69. The molecule has 0 radical (unpaired) electrons. The highest BCUT2D eigenvalue weighted by molar-refractivity contribution is 6.30. The zero-order valence-electron chi connectivity index (χ0n) is 9.53. The first-order chi connectivity index (χ1) is 8.20. The Labute approximate surface area is 107 Å². The van der Waals surface area contributed by atoms with Gasteiger partial charge in [0.05, 0.1) is 6.54 Å². The van der Waals surface area contributed by atoms with Gasteiger partial charge in [0.15, 0.2) is 0 Å². The standard InChI is InChI=1S/C14H14ClNO/c1-2-9-16(10-11-3-4-11)14(17)12-5-7-13(15)8-6-12/h1,5-8,11H,3-4,9-10H2. The van der Waals surface area contributed by atoms with Crippen molar-refractivity contribution >= 4 is 17.5 Å². The summed E-state index contributed by atoms with van der Waals surface area (Å²) in [6.07, 6.45) is 7.71. The summed E-state index contributed by atoms with van der Waals surface area (Å²) in [6.45, 7) is 1.14. The Morgan fingerprint density at radius 1 is 1.41 bits per heavy atom. The summed E-state index contributed by atoms with van der Waals surface area (Å²) in [6, 6.07) is 6.92. The molecule has 1 amide bonds. The molecule has 0 atom stereocenters. The average Bonchev–Trinajstić information content (AvgIpc) is 3.13. The van der Waals surface area contributed by atoms with Crippen LogP contribution in [0.5, 0.6) is 0 Å². The van der Waals surface area contributed by atoms with E-state index in [1.54, 1.807) is 29.2 Å². The fraction of sp³-hybridized carbons (Fsp3) is 0.357. The third-order valence-electron chi connectivity index (χ3n) is 2.84. The van der Waals surface area contributed by atoms with E-state index in [2.05, 4.69) is 5.92 Å². The number of terminal acetylenes is 1. The van der Waals surface area contributed by atoms with Gasteiger partial charge in [0, 0.05) is 17.1 Å². The molecule has 1 aromatic rings. The summed E-state index contributed by atoms with van der Waals surface area (Å²) < 4.78 is 0. The largest absolute Gasteiger partial charge is 0.327 e. The van der Waals surface area contributed by atoms with Crippen LogP contribution >= 0.6 is 11.6 Å². The van der Waals surface area contributed by atoms with Crippen molar-refractivity contribution in [3.05, 3.63) is 34.9 Å². The van der Waals surface area contributed by atoms with Crippen LogP contribution in [-0.4, -0.2) is 23.9 Å². The van der Waals surface area contributed by atoms with E-state index in [0.717, 1.165) is 6.54 Å². The Morgan fingerprint density at radius 2 is 2.06 bits per heavy atom. The molecule has 1 saturated carbocycles. The van der Waals surface area contributed by atoms with Gasteiger partial charge in [-0.25, -0.2) is 0 Å². The molecule has 0 spiro atoms. The van der Waals surface area contributed by atoms with Gasteiger partial charge in [0.2, 0.25) is 0 Å². The van der Waals surface area contributed by atoms with Crippen LogP contribution in [0.2, 0.25) is 5.02 Å². The number of hydrogen-bond acceptors (Lipinski definition) is 1. The summed E-state index contributed by atoms with van der Waals surface area (Å²) in [5.74, 6) is 3.17. The van der Waals surface area contributed by atoms with Crippen molar-refractivity contribution in [3.8, 4) is 12.3 Å². The third kappa shape index (κ3) is 3.25. The molecule has 1 aliphatic rings. The number of carbonyl (C=O) groups excluding carboxylic acids is 1. The van der Waals surface area contributed by atoms with E-state index in [9.17, 15) is 4.79 Å². The molecule has 0 aromatic heterocycles. The van der Waals surface area contributed by atoms with Crippen molar-refractivity contribution < 1.29 is 4.79 Å². The smallest absolute Gasteiger partial charge is 0.254 e. The van der Waals surface area contributed by atoms with Crippen LogP contribution in [0.4, 0.5) is 0 Å². The van der Waals surface area contributed by atoms with Crippen LogP contribution in [0.15, 0.2) is 24.3 Å². The molecular formula is C14H14ClNO. The first kappa shape index (κ1) is 12.0. The van der Waals surface area contributed by atoms with Gasteiger partial charge in [-0.3, -0.25) is 4.79 Å². The molecule has 0 unspecified atom stereocenters. The summed E-state index contributed by atoms with van der Waals surface area (Å²) in [5.41, 5.74) is 0.644. The van der Waals surface area contributed by atoms with Crippen molar-refractivity contribution in [2.45, 2.75) is 12.8 Å². The van der Waals surface area contributed by atoms with E-state index >= 15 is 0 Å². The fourth-order valence-corrected chi connectivity index (χ4v) is 1.84. The summed E-state index contributed by atoms with van der Waals surface area (Å²) in [5, 5.41) is 0.632. The number of carbonyl (C=O) groups is 1. The van der Waals surface area contributed by atoms with Gasteiger partial charge in [-0.2, -0.15) is 0 Å². The van der Waals surface area contributed by atoms with Crippen molar-refractivity contribution in [2.24, 2.45) is 5.92 Å². The van der Waals surface area contributed by atoms with Gasteiger partial charge in [0.1, 0.15) is 0 Å². The van der Waals surface area contributed by atoms with Gasteiger partial charge in [-0.05, 0) is 43.0 Å². The molecule has 0 N–H and O–H groups in total. The highest BCUT2D eigenvalue weighted by Gasteiger charge is 2.26. The first-order valence-corrected chi connectivity index (χ1v) is 6.07. The molecule has 17 heavy (non-hydrogen) atoms. The van der Waals surface area contributed by atoms with Gasteiger partial charge in [-0.1, -0.05) is 17.5 Å². The lowest BCUT2D eigenvalue weighted by molar-refractivity contribution is 0.0770. The van der Waals surface area contributed by atoms with Gasteiger partial charge >= 0.3 is 0 Å². The summed E-state index contributed by atoms with van der Waals surface area (Å²) in [4.78, 5) is 13.9. The Morgan fingerprint density at radius 3 is 2.59 bits per heavy atom. The van der Waals surface area contributed by atoms with E-state index in [1.165, 1.54) is 12.8 Å². The van der Waals surface area contributed by atoms with Crippen molar-refractivity contribution in [1.29, 1.82) is 0 Å². The third-order valence-corrected chi connectivity index (χ3v) is 3.09. The minimum atomic E-state index is -0.00785. The van der Waals surface area contributed by atoms with E-state index in [4.69, 9.17) is 18.0 Å². The zero-order chi connectivity index (χ0) is 12.3. The maximum absolute atomic E-state index is 12.2.